The van der Waals surface area contributed by atoms with Crippen LogP contribution in [0.2, 0.25) is 0 Å². The molecule has 8 heterocycles. The molecule has 0 saturated heterocycles. The van der Waals surface area contributed by atoms with Crippen LogP contribution in [0.1, 0.15) is 140 Å². The van der Waals surface area contributed by atoms with Gasteiger partial charge in [0.25, 0.3) is 0 Å². The zero-order valence-corrected chi connectivity index (χ0v) is 44.1. The fourth-order valence-electron chi connectivity index (χ4n) is 16.2. The number of anilines is 4. The van der Waals surface area contributed by atoms with E-state index >= 15 is 52.7 Å². The summed E-state index contributed by atoms with van der Waals surface area (Å²) in [4.78, 5) is 7.74. The lowest BCUT2D eigenvalue weighted by molar-refractivity contribution is -0.145. The second-order valence-corrected chi connectivity index (χ2v) is 22.3. The molecule has 20 heteroatoms. The molecule has 0 fully saturated rings. The Hall–Kier alpha value is -5.56. The lowest BCUT2D eigenvalue weighted by Gasteiger charge is -2.53. The maximum Gasteiger partial charge on any atom is 0.417 e. The molecular formula is C58H62F12N4O4. The highest BCUT2D eigenvalue weighted by Gasteiger charge is 2.54. The predicted molar refractivity (Wildman–Crippen MR) is 271 cm³/mol. The minimum atomic E-state index is -5.59. The summed E-state index contributed by atoms with van der Waals surface area (Å²) >= 11 is 0. The first-order valence-corrected chi connectivity index (χ1v) is 27.4. The largest absolute Gasteiger partial charge is 0.496 e. The molecule has 2 atom stereocenters. The Bertz CT molecular complexity index is 2960. The minimum absolute atomic E-state index is 0.0383. The van der Waals surface area contributed by atoms with E-state index < -0.39 is 105 Å². The SMILES string of the molecule is COc1c(Cc2c(OC)c3c4c(c2OC)CCC(C2CCc5c6c(c(C(F)(F)F)c(Cc7c(C(F)(F)F)c8c9c(c7C(F)(F)F)CCCN9CCC8)c5C(F)(F)F)CCCN62)N4CCC3)c(OC)c2c3c1CCCN3CCC2. The summed E-state index contributed by atoms with van der Waals surface area (Å²) in [6.45, 7) is 2.88. The van der Waals surface area contributed by atoms with Gasteiger partial charge in [0.1, 0.15) is 23.0 Å². The van der Waals surface area contributed by atoms with Crippen molar-refractivity contribution in [2.45, 2.75) is 152 Å². The average Bonchev–Trinajstić information content (AvgIpc) is 3.45. The van der Waals surface area contributed by atoms with Crippen molar-refractivity contribution in [1.29, 1.82) is 0 Å². The van der Waals surface area contributed by atoms with E-state index in [1.807, 2.05) is 0 Å². The fraction of sp³-hybridized carbons (Fsp3) is 0.586. The Morgan fingerprint density at radius 2 is 0.590 bits per heavy atom. The molecule has 4 aromatic rings. The first-order valence-electron chi connectivity index (χ1n) is 27.4. The number of hydrogen-bond donors (Lipinski definition) is 0. The van der Waals surface area contributed by atoms with Crippen LogP contribution < -0.4 is 38.5 Å². The molecule has 78 heavy (non-hydrogen) atoms. The van der Waals surface area contributed by atoms with Gasteiger partial charge in [0.2, 0.25) is 0 Å². The monoisotopic (exact) mass is 1110 g/mol. The number of ether oxygens (including phenoxy) is 4. The molecule has 8 aliphatic rings. The van der Waals surface area contributed by atoms with Crippen LogP contribution >= 0.6 is 0 Å². The molecule has 0 spiro atoms. The summed E-state index contributed by atoms with van der Waals surface area (Å²) in [5.74, 6) is 2.75. The van der Waals surface area contributed by atoms with E-state index in [1.54, 1.807) is 33.3 Å². The van der Waals surface area contributed by atoms with E-state index in [4.69, 9.17) is 18.9 Å². The van der Waals surface area contributed by atoms with Crippen molar-refractivity contribution in [2.24, 2.45) is 0 Å². The van der Waals surface area contributed by atoms with Crippen LogP contribution in [-0.4, -0.2) is 79.8 Å². The second kappa shape index (κ2) is 19.0. The van der Waals surface area contributed by atoms with Gasteiger partial charge in [0.15, 0.2) is 0 Å². The average molecular weight is 1110 g/mol. The van der Waals surface area contributed by atoms with Crippen molar-refractivity contribution in [3.8, 4) is 23.0 Å². The van der Waals surface area contributed by atoms with Crippen molar-refractivity contribution in [3.05, 3.63) is 89.0 Å². The van der Waals surface area contributed by atoms with Gasteiger partial charge in [0.05, 0.1) is 62.1 Å². The maximum absolute atomic E-state index is 16.1. The van der Waals surface area contributed by atoms with E-state index in [1.165, 1.54) is 10.6 Å². The van der Waals surface area contributed by atoms with Gasteiger partial charge in [-0.15, -0.1) is 0 Å². The van der Waals surface area contributed by atoms with E-state index in [2.05, 4.69) is 9.80 Å². The summed E-state index contributed by atoms with van der Waals surface area (Å²) in [5, 5.41) is 0. The van der Waals surface area contributed by atoms with Gasteiger partial charge in [-0.3, -0.25) is 0 Å². The zero-order chi connectivity index (χ0) is 55.1. The molecule has 0 saturated carbocycles. The van der Waals surface area contributed by atoms with Crippen LogP contribution in [0.15, 0.2) is 0 Å². The second-order valence-electron chi connectivity index (χ2n) is 22.3. The third-order valence-corrected chi connectivity index (χ3v) is 18.5. The van der Waals surface area contributed by atoms with Gasteiger partial charge in [-0.2, -0.15) is 52.7 Å². The Kier molecular flexibility index (Phi) is 13.0. The van der Waals surface area contributed by atoms with Crippen molar-refractivity contribution in [2.75, 3.05) is 87.3 Å². The Morgan fingerprint density at radius 3 is 0.949 bits per heavy atom. The van der Waals surface area contributed by atoms with Crippen molar-refractivity contribution >= 4 is 22.7 Å². The summed E-state index contributed by atoms with van der Waals surface area (Å²) in [7, 11) is 6.55. The zero-order valence-electron chi connectivity index (χ0n) is 44.1. The molecule has 0 amide bonds. The topological polar surface area (TPSA) is 49.9 Å². The number of nitrogens with zero attached hydrogens (tertiary/aromatic N) is 4. The normalized spacial score (nSPS) is 20.7. The lowest BCUT2D eigenvalue weighted by atomic mass is 9.74. The highest BCUT2D eigenvalue weighted by Crippen LogP contribution is 2.59. The van der Waals surface area contributed by atoms with Gasteiger partial charge in [0, 0.05) is 103 Å². The first-order chi connectivity index (χ1) is 37.1. The third kappa shape index (κ3) is 8.13. The van der Waals surface area contributed by atoms with Gasteiger partial charge < -0.3 is 38.5 Å². The van der Waals surface area contributed by atoms with Crippen LogP contribution in [0.25, 0.3) is 0 Å². The molecule has 0 N–H and O–H groups in total. The minimum Gasteiger partial charge on any atom is -0.496 e. The first kappa shape index (κ1) is 53.1. The number of rotatable bonds is 9. The number of methoxy groups -OCH3 is 4. The smallest absolute Gasteiger partial charge is 0.417 e. The number of hydrogen-bond acceptors (Lipinski definition) is 8. The summed E-state index contributed by atoms with van der Waals surface area (Å²) in [6.07, 6.45) is -19.0. The Balaban J connectivity index is 0.984. The van der Waals surface area contributed by atoms with Crippen molar-refractivity contribution < 1.29 is 71.6 Å². The molecule has 4 aromatic carbocycles. The van der Waals surface area contributed by atoms with Gasteiger partial charge in [-0.1, -0.05) is 0 Å². The molecule has 2 unspecified atom stereocenters. The molecule has 0 aliphatic carbocycles. The molecule has 0 aromatic heterocycles. The molecule has 0 bridgehead atoms. The molecule has 8 nitrogen and oxygen atoms in total. The Labute approximate surface area is 444 Å². The molecular weight excluding hydrogens is 1040 g/mol. The van der Waals surface area contributed by atoms with Gasteiger partial charge in [-0.25, -0.2) is 0 Å². The summed E-state index contributed by atoms with van der Waals surface area (Å²) in [6, 6.07) is -1.02. The van der Waals surface area contributed by atoms with Crippen LogP contribution in [-0.2, 0) is 88.9 Å². The predicted octanol–water partition coefficient (Wildman–Crippen LogP) is 13.2. The van der Waals surface area contributed by atoms with E-state index in [0.717, 1.165) is 89.3 Å². The quantitative estimate of drug-likeness (QED) is 0.154. The highest BCUT2D eigenvalue weighted by atomic mass is 19.4. The third-order valence-electron chi connectivity index (χ3n) is 18.5. The Morgan fingerprint density at radius 1 is 0.333 bits per heavy atom. The van der Waals surface area contributed by atoms with E-state index in [0.29, 0.717) is 50.1 Å². The molecule has 422 valence electrons. The highest BCUT2D eigenvalue weighted by molar-refractivity contribution is 5.80. The number of halogens is 12. The number of alkyl halides is 12. The van der Waals surface area contributed by atoms with E-state index in [9.17, 15) is 0 Å². The summed E-state index contributed by atoms with van der Waals surface area (Å²) < 4.78 is 215. The fourth-order valence-corrected chi connectivity index (χ4v) is 16.2. The standard InChI is InChI=1S/C58H62F12N4O4/c1-75-51-33-14-7-23-72-24-8-15-34(48(33)72)52(76-2)39(51)28-40-53(77-3)35-16-10-26-74-42(20-18-36(50(35)74)54(40)78-4)41-19-17-32-46(58(68,69)70)38(45(57(65,66)67)31-13-9-25-73(41)49(31)32)27-37-43(55(59,60)61)29-11-5-21-71-22-6-12-30(47(29)71)44(37)56(62,63)64/h41-42H,5-28H2,1-4H3. The maximum atomic E-state index is 16.1. The van der Waals surface area contributed by atoms with Gasteiger partial charge >= 0.3 is 24.7 Å². The van der Waals surface area contributed by atoms with Crippen molar-refractivity contribution in [3.63, 3.8) is 0 Å². The van der Waals surface area contributed by atoms with Crippen LogP contribution in [0.3, 0.4) is 0 Å². The lowest BCUT2D eigenvalue weighted by Crippen LogP contribution is -2.58. The van der Waals surface area contributed by atoms with Gasteiger partial charge in [-0.05, 0) is 143 Å². The van der Waals surface area contributed by atoms with E-state index in [-0.39, 0.29) is 76.0 Å². The summed E-state index contributed by atoms with van der Waals surface area (Å²) in [5.41, 5.74) is -4.96. The van der Waals surface area contributed by atoms with Crippen molar-refractivity contribution in [1.82, 2.24) is 0 Å². The number of benzene rings is 4. The molecule has 8 aliphatic heterocycles. The van der Waals surface area contributed by atoms with Crippen LogP contribution in [0, 0.1) is 0 Å². The van der Waals surface area contributed by atoms with Crippen LogP contribution in [0.5, 0.6) is 23.0 Å². The van der Waals surface area contributed by atoms with Crippen LogP contribution in [0.4, 0.5) is 75.4 Å². The molecule has 0 radical (unpaired) electrons. The molecule has 12 rings (SSSR count).